The summed E-state index contributed by atoms with van der Waals surface area (Å²) in [5.74, 6) is 4.32. The lowest BCUT2D eigenvalue weighted by Crippen LogP contribution is -2.37. The Balaban J connectivity index is 2.56. The van der Waals surface area contributed by atoms with E-state index >= 15 is 0 Å². The fourth-order valence-electron chi connectivity index (χ4n) is 1.81. The van der Waals surface area contributed by atoms with Gasteiger partial charge in [-0.25, -0.2) is 8.78 Å². The van der Waals surface area contributed by atoms with Crippen LogP contribution in [-0.4, -0.2) is 19.3 Å². The molecule has 0 aromatic heterocycles. The number of hydrogen-bond donors (Lipinski definition) is 2. The molecule has 0 amide bonds. The average Bonchev–Trinajstić information content (AvgIpc) is 2.32. The third kappa shape index (κ3) is 5.08. The van der Waals surface area contributed by atoms with Gasteiger partial charge >= 0.3 is 0 Å². The Hall–Kier alpha value is -1.04. The first kappa shape index (κ1) is 15.0. The van der Waals surface area contributed by atoms with Crippen LogP contribution in [0.5, 0.6) is 0 Å². The van der Waals surface area contributed by atoms with Gasteiger partial charge in [0.15, 0.2) is 0 Å². The van der Waals surface area contributed by atoms with Gasteiger partial charge in [0, 0.05) is 19.2 Å². The molecule has 0 saturated carbocycles. The minimum atomic E-state index is -0.564. The topological polar surface area (TPSA) is 47.3 Å². The zero-order valence-corrected chi connectivity index (χ0v) is 10.7. The summed E-state index contributed by atoms with van der Waals surface area (Å²) in [6.45, 7) is 1.97. The van der Waals surface area contributed by atoms with E-state index in [0.717, 1.165) is 18.9 Å². The first-order valence-electron chi connectivity index (χ1n) is 5.99. The van der Waals surface area contributed by atoms with Gasteiger partial charge in [-0.15, -0.1) is 0 Å². The Morgan fingerprint density at radius 3 is 2.33 bits per heavy atom. The predicted molar refractivity (Wildman–Crippen MR) is 66.9 cm³/mol. The second-order valence-electron chi connectivity index (χ2n) is 4.47. The van der Waals surface area contributed by atoms with E-state index in [1.807, 2.05) is 6.92 Å². The zero-order chi connectivity index (χ0) is 13.5. The average molecular weight is 258 g/mol. The van der Waals surface area contributed by atoms with Gasteiger partial charge in [-0.2, -0.15) is 0 Å². The van der Waals surface area contributed by atoms with Crippen LogP contribution >= 0.6 is 0 Å². The monoisotopic (exact) mass is 258 g/mol. The van der Waals surface area contributed by atoms with Crippen LogP contribution in [0.4, 0.5) is 8.78 Å². The number of rotatable bonds is 7. The number of methoxy groups -OCH3 is 1. The molecule has 102 valence electrons. The smallest absolute Gasteiger partial charge is 0.126 e. The Morgan fingerprint density at radius 1 is 1.22 bits per heavy atom. The number of nitrogens with two attached hydrogens (primary N) is 1. The van der Waals surface area contributed by atoms with E-state index < -0.39 is 11.6 Å². The lowest BCUT2D eigenvalue weighted by atomic mass is 10.0. The van der Waals surface area contributed by atoms with Gasteiger partial charge in [-0.3, -0.25) is 11.3 Å². The summed E-state index contributed by atoms with van der Waals surface area (Å²) in [7, 11) is 1.65. The molecule has 0 aliphatic heterocycles. The van der Waals surface area contributed by atoms with Crippen LogP contribution in [0.3, 0.4) is 0 Å². The highest BCUT2D eigenvalue weighted by Crippen LogP contribution is 2.13. The van der Waals surface area contributed by atoms with E-state index in [1.165, 1.54) is 12.1 Å². The van der Waals surface area contributed by atoms with Crippen molar-refractivity contribution in [3.8, 4) is 0 Å². The second-order valence-corrected chi connectivity index (χ2v) is 4.47. The molecule has 1 aromatic carbocycles. The summed E-state index contributed by atoms with van der Waals surface area (Å²) < 4.78 is 31.2. The fourth-order valence-corrected chi connectivity index (χ4v) is 1.81. The molecule has 0 spiro atoms. The molecule has 2 unspecified atom stereocenters. The van der Waals surface area contributed by atoms with Gasteiger partial charge in [0.05, 0.1) is 6.10 Å². The first-order valence-corrected chi connectivity index (χ1v) is 5.99. The number of ether oxygens (including phenoxy) is 1. The van der Waals surface area contributed by atoms with Crippen LogP contribution in [0.25, 0.3) is 0 Å². The number of hydrazine groups is 1. The lowest BCUT2D eigenvalue weighted by molar-refractivity contribution is 0.106. The maximum atomic E-state index is 13.0. The van der Waals surface area contributed by atoms with Gasteiger partial charge in [-0.05, 0) is 43.9 Å². The van der Waals surface area contributed by atoms with Gasteiger partial charge in [-0.1, -0.05) is 0 Å². The van der Waals surface area contributed by atoms with Crippen LogP contribution in [-0.2, 0) is 11.2 Å². The molecule has 3 nitrogen and oxygen atoms in total. The largest absolute Gasteiger partial charge is 0.382 e. The summed E-state index contributed by atoms with van der Waals surface area (Å²) in [5.41, 5.74) is 3.27. The molecular weight excluding hydrogens is 238 g/mol. The van der Waals surface area contributed by atoms with Crippen molar-refractivity contribution in [1.29, 1.82) is 0 Å². The van der Waals surface area contributed by atoms with Gasteiger partial charge in [0.1, 0.15) is 11.6 Å². The van der Waals surface area contributed by atoms with Crippen molar-refractivity contribution in [2.45, 2.75) is 38.3 Å². The van der Waals surface area contributed by atoms with Crippen LogP contribution in [0.15, 0.2) is 18.2 Å². The molecule has 0 bridgehead atoms. The molecule has 2 atom stereocenters. The van der Waals surface area contributed by atoms with Gasteiger partial charge < -0.3 is 4.74 Å². The second kappa shape index (κ2) is 7.41. The molecule has 0 fully saturated rings. The summed E-state index contributed by atoms with van der Waals surface area (Å²) in [6.07, 6.45) is 2.25. The molecule has 0 radical (unpaired) electrons. The van der Waals surface area contributed by atoms with E-state index in [0.29, 0.717) is 12.0 Å². The van der Waals surface area contributed by atoms with Crippen molar-refractivity contribution in [2.75, 3.05) is 7.11 Å². The van der Waals surface area contributed by atoms with Crippen molar-refractivity contribution in [3.05, 3.63) is 35.4 Å². The summed E-state index contributed by atoms with van der Waals surface area (Å²) >= 11 is 0. The van der Waals surface area contributed by atoms with Crippen molar-refractivity contribution in [1.82, 2.24) is 5.43 Å². The third-order valence-electron chi connectivity index (χ3n) is 2.96. The number of benzene rings is 1. The molecule has 0 aliphatic carbocycles. The Kier molecular flexibility index (Phi) is 6.18. The van der Waals surface area contributed by atoms with Crippen LogP contribution in [0.2, 0.25) is 0 Å². The molecule has 18 heavy (non-hydrogen) atoms. The molecule has 0 heterocycles. The fraction of sp³-hybridized carbons (Fsp3) is 0.538. The van der Waals surface area contributed by atoms with E-state index in [2.05, 4.69) is 5.43 Å². The number of halogens is 2. The van der Waals surface area contributed by atoms with E-state index in [9.17, 15) is 8.78 Å². The van der Waals surface area contributed by atoms with Crippen molar-refractivity contribution >= 4 is 0 Å². The summed E-state index contributed by atoms with van der Waals surface area (Å²) in [4.78, 5) is 0. The van der Waals surface area contributed by atoms with Crippen molar-refractivity contribution < 1.29 is 13.5 Å². The normalized spacial score (nSPS) is 14.5. The minimum absolute atomic E-state index is 0.0243. The van der Waals surface area contributed by atoms with Gasteiger partial charge in [0.25, 0.3) is 0 Å². The van der Waals surface area contributed by atoms with Crippen LogP contribution in [0, 0.1) is 11.6 Å². The van der Waals surface area contributed by atoms with Crippen LogP contribution in [0.1, 0.15) is 25.3 Å². The maximum absolute atomic E-state index is 13.0. The summed E-state index contributed by atoms with van der Waals surface area (Å²) in [5, 5.41) is 0. The standard InChI is InChI=1S/C13H20F2N2O/c1-9(18-2)3-4-13(17-16)7-10-5-11(14)8-12(15)6-10/h5-6,8-9,13,17H,3-4,7,16H2,1-2H3. The maximum Gasteiger partial charge on any atom is 0.126 e. The zero-order valence-electron chi connectivity index (χ0n) is 10.7. The molecule has 0 aliphatic rings. The van der Waals surface area contributed by atoms with Crippen molar-refractivity contribution in [3.63, 3.8) is 0 Å². The molecule has 1 rings (SSSR count). The minimum Gasteiger partial charge on any atom is -0.382 e. The summed E-state index contributed by atoms with van der Waals surface area (Å²) in [6, 6.07) is 3.49. The molecular formula is C13H20F2N2O. The SMILES string of the molecule is COC(C)CCC(Cc1cc(F)cc(F)c1)NN. The number of nitrogens with one attached hydrogen (secondary N) is 1. The predicted octanol–water partition coefficient (Wildman–Crippen LogP) is 2.15. The Morgan fingerprint density at radius 2 is 1.83 bits per heavy atom. The highest BCUT2D eigenvalue weighted by molar-refractivity contribution is 5.18. The number of hydrogen-bond acceptors (Lipinski definition) is 3. The third-order valence-corrected chi connectivity index (χ3v) is 2.96. The highest BCUT2D eigenvalue weighted by Gasteiger charge is 2.11. The highest BCUT2D eigenvalue weighted by atomic mass is 19.1. The van der Waals surface area contributed by atoms with Crippen molar-refractivity contribution in [2.24, 2.45) is 5.84 Å². The quantitative estimate of drug-likeness (QED) is 0.582. The van der Waals surface area contributed by atoms with E-state index in [4.69, 9.17) is 10.6 Å². The molecule has 3 N–H and O–H groups in total. The first-order chi connectivity index (χ1) is 8.55. The molecule has 5 heteroatoms. The van der Waals surface area contributed by atoms with Crippen LogP contribution < -0.4 is 11.3 Å². The molecule has 1 aromatic rings. The Labute approximate surface area is 106 Å². The lowest BCUT2D eigenvalue weighted by Gasteiger charge is -2.18. The van der Waals surface area contributed by atoms with Gasteiger partial charge in [0.2, 0.25) is 0 Å². The Bertz CT molecular complexity index is 354. The van der Waals surface area contributed by atoms with E-state index in [-0.39, 0.29) is 12.1 Å². The van der Waals surface area contributed by atoms with E-state index in [1.54, 1.807) is 7.11 Å². The molecule has 0 saturated heterocycles.